The van der Waals surface area contributed by atoms with Crippen molar-refractivity contribution in [3.8, 4) is 0 Å². The topological polar surface area (TPSA) is 83.4 Å². The van der Waals surface area contributed by atoms with Crippen molar-refractivity contribution in [2.75, 3.05) is 11.9 Å². The van der Waals surface area contributed by atoms with Gasteiger partial charge in [0.05, 0.1) is 30.6 Å². The van der Waals surface area contributed by atoms with Crippen molar-refractivity contribution in [1.29, 1.82) is 0 Å². The highest BCUT2D eigenvalue weighted by molar-refractivity contribution is 6.04. The summed E-state index contributed by atoms with van der Waals surface area (Å²) in [6.45, 7) is 2.18. The van der Waals surface area contributed by atoms with Gasteiger partial charge in [0, 0.05) is 6.04 Å². The first kappa shape index (κ1) is 20.3. The van der Waals surface area contributed by atoms with E-state index in [2.05, 4.69) is 16.0 Å². The van der Waals surface area contributed by atoms with Crippen LogP contribution in [0.15, 0.2) is 71.3 Å². The number of nitrogens with one attached hydrogen (secondary N) is 3. The molecule has 7 heteroatoms. The molecule has 0 aliphatic carbocycles. The molecule has 1 atom stereocenters. The molecule has 29 heavy (non-hydrogen) atoms. The van der Waals surface area contributed by atoms with Gasteiger partial charge in [-0.05, 0) is 48.9 Å². The van der Waals surface area contributed by atoms with Crippen molar-refractivity contribution in [1.82, 2.24) is 10.6 Å². The Bertz CT molecular complexity index is 956. The predicted octanol–water partition coefficient (Wildman–Crippen LogP) is 3.64. The van der Waals surface area contributed by atoms with Gasteiger partial charge < -0.3 is 20.4 Å². The fraction of sp³-hybridized carbons (Fsp3) is 0.182. The summed E-state index contributed by atoms with van der Waals surface area (Å²) < 4.78 is 18.2. The van der Waals surface area contributed by atoms with Crippen LogP contribution in [-0.2, 0) is 11.3 Å². The van der Waals surface area contributed by atoms with Crippen LogP contribution in [0.5, 0.6) is 0 Å². The van der Waals surface area contributed by atoms with Gasteiger partial charge in [0.1, 0.15) is 11.6 Å². The lowest BCUT2D eigenvalue weighted by atomic mass is 10.1. The number of para-hydroxylation sites is 1. The number of halogens is 1. The number of hydrogen-bond acceptors (Lipinski definition) is 4. The Morgan fingerprint density at radius 2 is 1.79 bits per heavy atom. The van der Waals surface area contributed by atoms with E-state index in [9.17, 15) is 14.0 Å². The van der Waals surface area contributed by atoms with Gasteiger partial charge in [0.15, 0.2) is 0 Å². The van der Waals surface area contributed by atoms with Crippen molar-refractivity contribution < 1.29 is 18.4 Å². The lowest BCUT2D eigenvalue weighted by Crippen LogP contribution is -2.31. The average Bonchev–Trinajstić information content (AvgIpc) is 3.25. The molecule has 0 unspecified atom stereocenters. The first-order valence-electron chi connectivity index (χ1n) is 9.21. The normalized spacial score (nSPS) is 11.7. The summed E-state index contributed by atoms with van der Waals surface area (Å²) in [5.41, 5.74) is 1.65. The van der Waals surface area contributed by atoms with Crippen molar-refractivity contribution in [3.05, 3.63) is 89.6 Å². The third-order valence-electron chi connectivity index (χ3n) is 4.39. The minimum atomic E-state index is -0.315. The number of hydrogen-bond donors (Lipinski definition) is 3. The predicted molar refractivity (Wildman–Crippen MR) is 108 cm³/mol. The molecule has 1 aromatic heterocycles. The van der Waals surface area contributed by atoms with Crippen LogP contribution in [0.1, 0.15) is 34.6 Å². The third kappa shape index (κ3) is 5.76. The SMILES string of the molecule is C[C@H](NCC(=O)Nc1ccccc1C(=O)NCc1ccco1)c1ccc(F)cc1. The van der Waals surface area contributed by atoms with Crippen molar-refractivity contribution in [2.45, 2.75) is 19.5 Å². The number of rotatable bonds is 8. The van der Waals surface area contributed by atoms with E-state index in [-0.39, 0.29) is 36.8 Å². The largest absolute Gasteiger partial charge is 0.467 e. The van der Waals surface area contributed by atoms with Crippen LogP contribution >= 0.6 is 0 Å². The Balaban J connectivity index is 1.56. The van der Waals surface area contributed by atoms with Crippen LogP contribution in [-0.4, -0.2) is 18.4 Å². The van der Waals surface area contributed by atoms with Crippen molar-refractivity contribution in [2.24, 2.45) is 0 Å². The maximum Gasteiger partial charge on any atom is 0.253 e. The maximum atomic E-state index is 13.0. The number of carbonyl (C=O) groups excluding carboxylic acids is 2. The molecule has 0 saturated heterocycles. The number of amides is 2. The van der Waals surface area contributed by atoms with E-state index in [0.717, 1.165) is 5.56 Å². The van der Waals surface area contributed by atoms with E-state index in [4.69, 9.17) is 4.42 Å². The zero-order valence-corrected chi connectivity index (χ0v) is 15.9. The second-order valence-electron chi connectivity index (χ2n) is 6.51. The van der Waals surface area contributed by atoms with Gasteiger partial charge in [-0.2, -0.15) is 0 Å². The van der Waals surface area contributed by atoms with Crippen LogP contribution in [0.3, 0.4) is 0 Å². The molecule has 6 nitrogen and oxygen atoms in total. The molecule has 1 heterocycles. The van der Waals surface area contributed by atoms with Gasteiger partial charge in [0.25, 0.3) is 5.91 Å². The molecule has 2 aromatic carbocycles. The van der Waals surface area contributed by atoms with E-state index in [1.54, 1.807) is 48.5 Å². The molecule has 3 rings (SSSR count). The molecule has 150 valence electrons. The number of anilines is 1. The minimum absolute atomic E-state index is 0.0426. The summed E-state index contributed by atoms with van der Waals surface area (Å²) in [5.74, 6) is -0.269. The second kappa shape index (κ2) is 9.66. The Kier molecular flexibility index (Phi) is 6.76. The summed E-state index contributed by atoms with van der Waals surface area (Å²) in [7, 11) is 0. The molecule has 3 N–H and O–H groups in total. The van der Waals surface area contributed by atoms with E-state index >= 15 is 0 Å². The van der Waals surface area contributed by atoms with Gasteiger partial charge >= 0.3 is 0 Å². The van der Waals surface area contributed by atoms with E-state index in [1.165, 1.54) is 18.4 Å². The number of furan rings is 1. The fourth-order valence-corrected chi connectivity index (χ4v) is 2.78. The lowest BCUT2D eigenvalue weighted by molar-refractivity contribution is -0.115. The lowest BCUT2D eigenvalue weighted by Gasteiger charge is -2.15. The summed E-state index contributed by atoms with van der Waals surface area (Å²) in [6.07, 6.45) is 1.54. The van der Waals surface area contributed by atoms with E-state index in [1.807, 2.05) is 6.92 Å². The van der Waals surface area contributed by atoms with Crippen LogP contribution in [0.4, 0.5) is 10.1 Å². The molecule has 0 aliphatic heterocycles. The molecule has 0 radical (unpaired) electrons. The number of benzene rings is 2. The zero-order valence-electron chi connectivity index (χ0n) is 15.9. The maximum absolute atomic E-state index is 13.0. The zero-order chi connectivity index (χ0) is 20.6. The quantitative estimate of drug-likeness (QED) is 0.544. The highest BCUT2D eigenvalue weighted by Gasteiger charge is 2.14. The summed E-state index contributed by atoms with van der Waals surface area (Å²) in [5, 5.41) is 8.60. The summed E-state index contributed by atoms with van der Waals surface area (Å²) in [6, 6.07) is 16.3. The molecule has 0 spiro atoms. The van der Waals surface area contributed by atoms with Gasteiger partial charge in [-0.1, -0.05) is 24.3 Å². The highest BCUT2D eigenvalue weighted by Crippen LogP contribution is 2.16. The minimum Gasteiger partial charge on any atom is -0.467 e. The summed E-state index contributed by atoms with van der Waals surface area (Å²) in [4.78, 5) is 24.8. The molecular formula is C22H22FN3O3. The van der Waals surface area contributed by atoms with Crippen LogP contribution in [0, 0.1) is 5.82 Å². The standard InChI is InChI=1S/C22H22FN3O3/c1-15(16-8-10-17(23)11-9-16)24-14-21(27)26-20-7-3-2-6-19(20)22(28)25-13-18-5-4-12-29-18/h2-12,15,24H,13-14H2,1H3,(H,25,28)(H,26,27)/t15-/m0/s1. The van der Waals surface area contributed by atoms with Crippen LogP contribution < -0.4 is 16.0 Å². The van der Waals surface area contributed by atoms with Gasteiger partial charge in [-0.25, -0.2) is 4.39 Å². The fourth-order valence-electron chi connectivity index (χ4n) is 2.78. The highest BCUT2D eigenvalue weighted by atomic mass is 19.1. The molecule has 2 amide bonds. The smallest absolute Gasteiger partial charge is 0.253 e. The second-order valence-corrected chi connectivity index (χ2v) is 6.51. The molecular weight excluding hydrogens is 373 g/mol. The number of carbonyl (C=O) groups is 2. The Labute approximate surface area is 168 Å². The van der Waals surface area contributed by atoms with Crippen molar-refractivity contribution >= 4 is 17.5 Å². The third-order valence-corrected chi connectivity index (χ3v) is 4.39. The average molecular weight is 395 g/mol. The first-order valence-corrected chi connectivity index (χ1v) is 9.21. The molecule has 0 saturated carbocycles. The monoisotopic (exact) mass is 395 g/mol. The van der Waals surface area contributed by atoms with Gasteiger partial charge in [-0.15, -0.1) is 0 Å². The van der Waals surface area contributed by atoms with Crippen molar-refractivity contribution in [3.63, 3.8) is 0 Å². The molecule has 0 bridgehead atoms. The molecule has 3 aromatic rings. The van der Waals surface area contributed by atoms with E-state index < -0.39 is 0 Å². The Hall–Kier alpha value is -3.45. The molecule has 0 fully saturated rings. The van der Waals surface area contributed by atoms with Gasteiger partial charge in [0.2, 0.25) is 5.91 Å². The summed E-state index contributed by atoms with van der Waals surface area (Å²) >= 11 is 0. The van der Waals surface area contributed by atoms with Crippen LogP contribution in [0.2, 0.25) is 0 Å². The van der Waals surface area contributed by atoms with E-state index in [0.29, 0.717) is 17.0 Å². The molecule has 0 aliphatic rings. The Morgan fingerprint density at radius 1 is 1.03 bits per heavy atom. The first-order chi connectivity index (χ1) is 14.0. The van der Waals surface area contributed by atoms with Crippen LogP contribution in [0.25, 0.3) is 0 Å². The van der Waals surface area contributed by atoms with Gasteiger partial charge in [-0.3, -0.25) is 9.59 Å². The Morgan fingerprint density at radius 3 is 2.52 bits per heavy atom.